The molecule has 1 saturated heterocycles. The van der Waals surface area contributed by atoms with Crippen LogP contribution < -0.4 is 0 Å². The lowest BCUT2D eigenvalue weighted by Gasteiger charge is -2.35. The third-order valence-electron chi connectivity index (χ3n) is 4.27. The summed E-state index contributed by atoms with van der Waals surface area (Å²) in [4.78, 5) is 14.4. The van der Waals surface area contributed by atoms with Crippen LogP contribution in [0.1, 0.15) is 25.0 Å². The molecule has 0 spiro atoms. The number of carbonyl (C=O) groups is 1. The van der Waals surface area contributed by atoms with Gasteiger partial charge >= 0.3 is 0 Å². The van der Waals surface area contributed by atoms with Gasteiger partial charge in [0.2, 0.25) is 11.1 Å². The standard InChI is InChI=1S/C17H23N5O2S/c1-11-5-6-15(7-12(11)2)22-17(18-19-20-22)25-10-16(23)21-8-13(3)24-14(4)9-21/h5-7,13-14H,8-10H2,1-4H3/t13-,14+. The Balaban J connectivity index is 1.67. The zero-order valence-electron chi connectivity index (χ0n) is 15.0. The average Bonchev–Trinajstić information content (AvgIpc) is 3.02. The van der Waals surface area contributed by atoms with Crippen molar-refractivity contribution in [2.45, 2.75) is 45.1 Å². The van der Waals surface area contributed by atoms with E-state index in [9.17, 15) is 4.79 Å². The zero-order valence-corrected chi connectivity index (χ0v) is 15.8. The van der Waals surface area contributed by atoms with Crippen LogP contribution in [0.25, 0.3) is 5.69 Å². The van der Waals surface area contributed by atoms with Crippen LogP contribution in [0, 0.1) is 13.8 Å². The Morgan fingerprint density at radius 1 is 1.24 bits per heavy atom. The summed E-state index contributed by atoms with van der Waals surface area (Å²) >= 11 is 1.36. The number of aryl methyl sites for hydroxylation is 2. The van der Waals surface area contributed by atoms with Crippen molar-refractivity contribution in [2.75, 3.05) is 18.8 Å². The highest BCUT2D eigenvalue weighted by atomic mass is 32.2. The highest BCUT2D eigenvalue weighted by Crippen LogP contribution is 2.21. The van der Waals surface area contributed by atoms with Gasteiger partial charge < -0.3 is 9.64 Å². The number of morpholine rings is 1. The van der Waals surface area contributed by atoms with Crippen LogP contribution in [0.4, 0.5) is 0 Å². The minimum absolute atomic E-state index is 0.0681. The smallest absolute Gasteiger partial charge is 0.233 e. The maximum atomic E-state index is 12.5. The van der Waals surface area contributed by atoms with E-state index in [1.54, 1.807) is 4.68 Å². The van der Waals surface area contributed by atoms with Crippen LogP contribution in [-0.4, -0.2) is 62.1 Å². The first kappa shape index (κ1) is 17.9. The van der Waals surface area contributed by atoms with Gasteiger partial charge in [0, 0.05) is 13.1 Å². The predicted molar refractivity (Wildman–Crippen MR) is 95.9 cm³/mol. The Morgan fingerprint density at radius 2 is 1.96 bits per heavy atom. The Labute approximate surface area is 151 Å². The molecule has 0 aliphatic carbocycles. The number of amides is 1. The number of benzene rings is 1. The van der Waals surface area contributed by atoms with Crippen LogP contribution in [0.5, 0.6) is 0 Å². The van der Waals surface area contributed by atoms with Gasteiger partial charge in [0.15, 0.2) is 0 Å². The van der Waals surface area contributed by atoms with Crippen molar-refractivity contribution in [1.29, 1.82) is 0 Å². The van der Waals surface area contributed by atoms with E-state index in [1.165, 1.54) is 22.9 Å². The fourth-order valence-electron chi connectivity index (χ4n) is 2.89. The first-order valence-electron chi connectivity index (χ1n) is 8.36. The number of nitrogens with zero attached hydrogens (tertiary/aromatic N) is 5. The lowest BCUT2D eigenvalue weighted by Crippen LogP contribution is -2.48. The molecule has 8 heteroatoms. The van der Waals surface area contributed by atoms with Gasteiger partial charge in [0.25, 0.3) is 0 Å². The lowest BCUT2D eigenvalue weighted by atomic mass is 10.1. The molecule has 1 aliphatic rings. The van der Waals surface area contributed by atoms with Crippen molar-refractivity contribution in [3.05, 3.63) is 29.3 Å². The number of hydrogen-bond acceptors (Lipinski definition) is 6. The third kappa shape index (κ3) is 4.19. The summed E-state index contributed by atoms with van der Waals surface area (Å²) < 4.78 is 7.35. The molecule has 7 nitrogen and oxygen atoms in total. The second-order valence-corrected chi connectivity index (χ2v) is 7.43. The molecular formula is C17H23N5O2S. The van der Waals surface area contributed by atoms with E-state index >= 15 is 0 Å². The number of aromatic nitrogens is 4. The maximum Gasteiger partial charge on any atom is 0.233 e. The Bertz CT molecular complexity index is 753. The topological polar surface area (TPSA) is 73.1 Å². The zero-order chi connectivity index (χ0) is 18.0. The number of tetrazole rings is 1. The molecule has 1 amide bonds. The summed E-state index contributed by atoms with van der Waals surface area (Å²) in [6, 6.07) is 6.07. The second-order valence-electron chi connectivity index (χ2n) is 6.49. The van der Waals surface area contributed by atoms with E-state index < -0.39 is 0 Å². The molecule has 2 atom stereocenters. The summed E-state index contributed by atoms with van der Waals surface area (Å²) in [5, 5.41) is 12.5. The predicted octanol–water partition coefficient (Wildman–Crippen LogP) is 2.01. The van der Waals surface area contributed by atoms with Crippen molar-refractivity contribution in [2.24, 2.45) is 0 Å². The number of hydrogen-bond donors (Lipinski definition) is 0. The van der Waals surface area contributed by atoms with E-state index in [-0.39, 0.29) is 18.1 Å². The SMILES string of the molecule is Cc1ccc(-n2nnnc2SCC(=O)N2C[C@@H](C)O[C@@H](C)C2)cc1C. The largest absolute Gasteiger partial charge is 0.372 e. The van der Waals surface area contributed by atoms with E-state index in [2.05, 4.69) is 29.4 Å². The minimum atomic E-state index is 0.0681. The number of carbonyl (C=O) groups excluding carboxylic acids is 1. The molecule has 1 aliphatic heterocycles. The number of ether oxygens (including phenoxy) is 1. The van der Waals surface area contributed by atoms with Gasteiger partial charge in [-0.1, -0.05) is 17.8 Å². The molecule has 1 aromatic carbocycles. The number of rotatable bonds is 4. The molecule has 0 bridgehead atoms. The van der Waals surface area contributed by atoms with Gasteiger partial charge in [-0.25, -0.2) is 0 Å². The summed E-state index contributed by atoms with van der Waals surface area (Å²) in [6.07, 6.45) is 0.136. The summed E-state index contributed by atoms with van der Waals surface area (Å²) in [6.45, 7) is 9.36. The molecule has 134 valence electrons. The van der Waals surface area contributed by atoms with Crippen LogP contribution in [0.15, 0.2) is 23.4 Å². The monoisotopic (exact) mass is 361 g/mol. The fourth-order valence-corrected chi connectivity index (χ4v) is 3.68. The van der Waals surface area contributed by atoms with Gasteiger partial charge in [-0.3, -0.25) is 4.79 Å². The van der Waals surface area contributed by atoms with E-state index in [0.29, 0.717) is 24.0 Å². The molecule has 2 aromatic rings. The molecule has 2 heterocycles. The van der Waals surface area contributed by atoms with Crippen molar-refractivity contribution >= 4 is 17.7 Å². The van der Waals surface area contributed by atoms with Crippen molar-refractivity contribution in [3.8, 4) is 5.69 Å². The lowest BCUT2D eigenvalue weighted by molar-refractivity contribution is -0.140. The van der Waals surface area contributed by atoms with Crippen molar-refractivity contribution < 1.29 is 9.53 Å². The highest BCUT2D eigenvalue weighted by Gasteiger charge is 2.26. The number of thioether (sulfide) groups is 1. The summed E-state index contributed by atoms with van der Waals surface area (Å²) in [7, 11) is 0. The normalized spacial score (nSPS) is 20.7. The Morgan fingerprint density at radius 3 is 2.64 bits per heavy atom. The first-order valence-corrected chi connectivity index (χ1v) is 9.34. The van der Waals surface area contributed by atoms with Gasteiger partial charge in [0.05, 0.1) is 23.6 Å². The molecule has 3 rings (SSSR count). The van der Waals surface area contributed by atoms with Crippen LogP contribution in [-0.2, 0) is 9.53 Å². The Kier molecular flexibility index (Phi) is 5.39. The maximum absolute atomic E-state index is 12.5. The summed E-state index contributed by atoms with van der Waals surface area (Å²) in [5.41, 5.74) is 3.30. The van der Waals surface area contributed by atoms with E-state index in [1.807, 2.05) is 36.9 Å². The van der Waals surface area contributed by atoms with Gasteiger partial charge in [-0.05, 0) is 61.4 Å². The molecule has 0 unspecified atom stereocenters. The van der Waals surface area contributed by atoms with Crippen LogP contribution in [0.3, 0.4) is 0 Å². The molecule has 0 radical (unpaired) electrons. The van der Waals surface area contributed by atoms with Gasteiger partial charge in [0.1, 0.15) is 0 Å². The summed E-state index contributed by atoms with van der Waals surface area (Å²) in [5.74, 6) is 0.395. The van der Waals surface area contributed by atoms with E-state index in [0.717, 1.165) is 5.69 Å². The minimum Gasteiger partial charge on any atom is -0.372 e. The molecule has 1 aromatic heterocycles. The van der Waals surface area contributed by atoms with Crippen LogP contribution in [0.2, 0.25) is 0 Å². The van der Waals surface area contributed by atoms with Crippen molar-refractivity contribution in [3.63, 3.8) is 0 Å². The first-order chi connectivity index (χ1) is 11.9. The van der Waals surface area contributed by atoms with Crippen LogP contribution >= 0.6 is 11.8 Å². The fraction of sp³-hybridized carbons (Fsp3) is 0.529. The van der Waals surface area contributed by atoms with E-state index in [4.69, 9.17) is 4.74 Å². The highest BCUT2D eigenvalue weighted by molar-refractivity contribution is 7.99. The Hall–Kier alpha value is -1.93. The second kappa shape index (κ2) is 7.53. The molecule has 0 N–H and O–H groups in total. The molecule has 25 heavy (non-hydrogen) atoms. The van der Waals surface area contributed by atoms with Gasteiger partial charge in [-0.15, -0.1) is 5.10 Å². The van der Waals surface area contributed by atoms with Gasteiger partial charge in [-0.2, -0.15) is 4.68 Å². The third-order valence-corrected chi connectivity index (χ3v) is 5.18. The molecule has 0 saturated carbocycles. The molecule has 1 fully saturated rings. The van der Waals surface area contributed by atoms with Crippen molar-refractivity contribution in [1.82, 2.24) is 25.1 Å². The average molecular weight is 361 g/mol. The molecular weight excluding hydrogens is 338 g/mol. The quantitative estimate of drug-likeness (QED) is 0.776.